The Bertz CT molecular complexity index is 1010. The number of hydrogen-bond donors (Lipinski definition) is 2. The van der Waals surface area contributed by atoms with Gasteiger partial charge in [0.1, 0.15) is 10.4 Å². The second kappa shape index (κ2) is 6.32. The summed E-state index contributed by atoms with van der Waals surface area (Å²) in [6.07, 6.45) is -0.417. The lowest BCUT2D eigenvalue weighted by Gasteiger charge is -2.19. The lowest BCUT2D eigenvalue weighted by molar-refractivity contribution is 0.196. The van der Waals surface area contributed by atoms with Crippen molar-refractivity contribution in [3.05, 3.63) is 44.6 Å². The van der Waals surface area contributed by atoms with Gasteiger partial charge in [0.05, 0.1) is 29.3 Å². The Morgan fingerprint density at radius 1 is 1.27 bits per heavy atom. The van der Waals surface area contributed by atoms with Crippen LogP contribution < -0.4 is 25.8 Å². The molecule has 2 aliphatic rings. The van der Waals surface area contributed by atoms with Gasteiger partial charge in [-0.2, -0.15) is 0 Å². The van der Waals surface area contributed by atoms with Crippen molar-refractivity contribution in [1.82, 2.24) is 5.43 Å². The summed E-state index contributed by atoms with van der Waals surface area (Å²) in [5, 5.41) is 5.41. The minimum absolute atomic E-state index is 0.256. The van der Waals surface area contributed by atoms with E-state index >= 15 is 0 Å². The molecule has 0 fully saturated rings. The molecule has 1 aromatic carbocycles. The SMILES string of the molecule is COc1ccccc1C1=NNC(c2sc3c(c2N)=C(C)C(C)C(C)N=3)O1. The molecular formula is C19H22N4O2S. The number of rotatable bonds is 3. The van der Waals surface area contributed by atoms with Gasteiger partial charge < -0.3 is 15.2 Å². The second-order valence-corrected chi connectivity index (χ2v) is 7.68. The molecule has 2 aromatic rings. The third-order valence-electron chi connectivity index (χ3n) is 5.17. The molecule has 2 aliphatic heterocycles. The fourth-order valence-electron chi connectivity index (χ4n) is 3.34. The van der Waals surface area contributed by atoms with E-state index < -0.39 is 6.23 Å². The Hall–Kier alpha value is -2.54. The van der Waals surface area contributed by atoms with Crippen LogP contribution in [0.3, 0.4) is 0 Å². The first-order chi connectivity index (χ1) is 12.5. The Labute approximate surface area is 156 Å². The van der Waals surface area contributed by atoms with E-state index in [0.29, 0.717) is 17.6 Å². The maximum atomic E-state index is 6.48. The van der Waals surface area contributed by atoms with E-state index in [2.05, 4.69) is 31.3 Å². The van der Waals surface area contributed by atoms with Gasteiger partial charge in [-0.25, -0.2) is 0 Å². The van der Waals surface area contributed by atoms with Crippen molar-refractivity contribution >= 4 is 28.5 Å². The number of fused-ring (bicyclic) bond motifs is 1. The van der Waals surface area contributed by atoms with E-state index in [4.69, 9.17) is 20.2 Å². The van der Waals surface area contributed by atoms with Crippen LogP contribution in [0.25, 0.3) is 5.57 Å². The highest BCUT2D eigenvalue weighted by Gasteiger charge is 2.30. The summed E-state index contributed by atoms with van der Waals surface area (Å²) >= 11 is 1.57. The van der Waals surface area contributed by atoms with Crippen molar-refractivity contribution in [2.45, 2.75) is 33.0 Å². The summed E-state index contributed by atoms with van der Waals surface area (Å²) in [4.78, 5) is 5.72. The molecule has 0 saturated carbocycles. The largest absolute Gasteiger partial charge is 0.496 e. The number of methoxy groups -OCH3 is 1. The number of benzene rings is 1. The van der Waals surface area contributed by atoms with Crippen LogP contribution in [0.5, 0.6) is 5.75 Å². The number of nitrogens with zero attached hydrogens (tertiary/aromatic N) is 2. The molecular weight excluding hydrogens is 348 g/mol. The first-order valence-electron chi connectivity index (χ1n) is 8.61. The number of anilines is 1. The first-order valence-corrected chi connectivity index (χ1v) is 9.43. The van der Waals surface area contributed by atoms with Crippen LogP contribution in [0.4, 0.5) is 5.69 Å². The lowest BCUT2D eigenvalue weighted by atomic mass is 9.92. The number of nitrogens with one attached hydrogen (secondary N) is 1. The zero-order valence-corrected chi connectivity index (χ0v) is 16.1. The fraction of sp³-hybridized carbons (Fsp3) is 0.368. The van der Waals surface area contributed by atoms with Crippen LogP contribution in [0.15, 0.2) is 34.4 Å². The quantitative estimate of drug-likeness (QED) is 0.867. The highest BCUT2D eigenvalue weighted by molar-refractivity contribution is 7.10. The number of thiophene rings is 1. The summed E-state index contributed by atoms with van der Waals surface area (Å²) in [7, 11) is 1.63. The summed E-state index contributed by atoms with van der Waals surface area (Å²) in [5.41, 5.74) is 12.3. The molecule has 3 heterocycles. The second-order valence-electron chi connectivity index (χ2n) is 6.65. The summed E-state index contributed by atoms with van der Waals surface area (Å²) < 4.78 is 12.4. The third kappa shape index (κ3) is 2.54. The summed E-state index contributed by atoms with van der Waals surface area (Å²) in [6.45, 7) is 6.47. The van der Waals surface area contributed by atoms with Crippen molar-refractivity contribution in [2.24, 2.45) is 16.0 Å². The molecule has 0 spiro atoms. The van der Waals surface area contributed by atoms with Crippen molar-refractivity contribution in [3.8, 4) is 5.75 Å². The number of nitrogens with two attached hydrogens (primary N) is 1. The molecule has 0 saturated heterocycles. The van der Waals surface area contributed by atoms with Gasteiger partial charge in [0.25, 0.3) is 0 Å². The van der Waals surface area contributed by atoms with Gasteiger partial charge in [-0.05, 0) is 31.9 Å². The van der Waals surface area contributed by atoms with Gasteiger partial charge in [-0.3, -0.25) is 10.4 Å². The highest BCUT2D eigenvalue weighted by Crippen LogP contribution is 2.31. The van der Waals surface area contributed by atoms with Crippen molar-refractivity contribution < 1.29 is 9.47 Å². The van der Waals surface area contributed by atoms with Crippen molar-refractivity contribution in [1.29, 1.82) is 0 Å². The first kappa shape index (κ1) is 16.9. The van der Waals surface area contributed by atoms with Crippen LogP contribution in [-0.2, 0) is 4.74 Å². The van der Waals surface area contributed by atoms with Crippen molar-refractivity contribution in [2.75, 3.05) is 12.8 Å². The van der Waals surface area contributed by atoms with Crippen molar-refractivity contribution in [3.63, 3.8) is 0 Å². The van der Waals surface area contributed by atoms with Crippen LogP contribution in [0.2, 0.25) is 0 Å². The standard InChI is InChI=1S/C19H22N4O2S/c1-9-10(2)14-15(20)16(26-19(14)21-11(9)3)18-23-22-17(25-18)12-7-5-6-8-13(12)24-4/h5-9,11,18,23H,20H2,1-4H3. The zero-order valence-electron chi connectivity index (χ0n) is 15.2. The normalized spacial score (nSPS) is 24.2. The summed E-state index contributed by atoms with van der Waals surface area (Å²) in [6, 6.07) is 7.89. The predicted molar refractivity (Wildman–Crippen MR) is 104 cm³/mol. The molecule has 0 amide bonds. The predicted octanol–water partition coefficient (Wildman–Crippen LogP) is 2.15. The van der Waals surface area contributed by atoms with Crippen LogP contribution in [0.1, 0.15) is 37.4 Å². The molecule has 3 N–H and O–H groups in total. The Balaban J connectivity index is 1.70. The Morgan fingerprint density at radius 2 is 2.04 bits per heavy atom. The minimum Gasteiger partial charge on any atom is -0.496 e. The topological polar surface area (TPSA) is 81.2 Å². The smallest absolute Gasteiger partial charge is 0.244 e. The van der Waals surface area contributed by atoms with Crippen LogP contribution >= 0.6 is 11.3 Å². The average Bonchev–Trinajstić information content (AvgIpc) is 3.24. The van der Waals surface area contributed by atoms with Gasteiger partial charge in [-0.15, -0.1) is 16.4 Å². The van der Waals surface area contributed by atoms with Gasteiger partial charge >= 0.3 is 0 Å². The average molecular weight is 370 g/mol. The molecule has 7 heteroatoms. The molecule has 26 heavy (non-hydrogen) atoms. The monoisotopic (exact) mass is 370 g/mol. The molecule has 136 valence electrons. The minimum atomic E-state index is -0.417. The summed E-state index contributed by atoms with van der Waals surface area (Å²) in [5.74, 6) is 1.59. The number of hydrazone groups is 1. The van der Waals surface area contributed by atoms with E-state index in [1.165, 1.54) is 5.57 Å². The van der Waals surface area contributed by atoms with Crippen LogP contribution in [0, 0.1) is 5.92 Å². The van der Waals surface area contributed by atoms with Gasteiger partial charge in [-0.1, -0.05) is 24.6 Å². The maximum Gasteiger partial charge on any atom is 0.244 e. The Morgan fingerprint density at radius 3 is 2.81 bits per heavy atom. The zero-order chi connectivity index (χ0) is 18.4. The number of hydrogen-bond acceptors (Lipinski definition) is 7. The third-order valence-corrected chi connectivity index (χ3v) is 6.32. The van der Waals surface area contributed by atoms with E-state index in [1.807, 2.05) is 24.3 Å². The number of para-hydroxylation sites is 1. The Kier molecular flexibility index (Phi) is 4.11. The molecule has 0 radical (unpaired) electrons. The number of nitrogen functional groups attached to an aromatic ring is 1. The molecule has 3 atom stereocenters. The maximum absolute atomic E-state index is 6.48. The molecule has 4 rings (SSSR count). The van der Waals surface area contributed by atoms with E-state index in [9.17, 15) is 0 Å². The van der Waals surface area contributed by atoms with Crippen LogP contribution in [-0.4, -0.2) is 19.0 Å². The number of ether oxygens (including phenoxy) is 2. The highest BCUT2D eigenvalue weighted by atomic mass is 32.1. The molecule has 0 bridgehead atoms. The van der Waals surface area contributed by atoms with Gasteiger partial charge in [0.2, 0.25) is 12.1 Å². The molecule has 3 unspecified atom stereocenters. The molecule has 6 nitrogen and oxygen atoms in total. The van der Waals surface area contributed by atoms with Gasteiger partial charge in [0.15, 0.2) is 0 Å². The van der Waals surface area contributed by atoms with E-state index in [-0.39, 0.29) is 6.04 Å². The lowest BCUT2D eigenvalue weighted by Crippen LogP contribution is -2.35. The van der Waals surface area contributed by atoms with E-state index in [0.717, 1.165) is 26.0 Å². The van der Waals surface area contributed by atoms with E-state index in [1.54, 1.807) is 18.4 Å². The molecule has 0 aliphatic carbocycles. The molecule has 1 aromatic heterocycles. The fourth-order valence-corrected chi connectivity index (χ4v) is 4.56. The van der Waals surface area contributed by atoms with Gasteiger partial charge in [0, 0.05) is 5.22 Å².